The number of fused-ring (bicyclic) bond motifs is 1. The van der Waals surface area contributed by atoms with Crippen molar-refractivity contribution in [1.82, 2.24) is 9.97 Å². The summed E-state index contributed by atoms with van der Waals surface area (Å²) >= 11 is 0. The number of benzene rings is 1. The Morgan fingerprint density at radius 1 is 1.21 bits per heavy atom. The number of rotatable bonds is 3. The highest BCUT2D eigenvalue weighted by atomic mass is 19.4. The highest BCUT2D eigenvalue weighted by molar-refractivity contribution is 5.89. The van der Waals surface area contributed by atoms with Crippen LogP contribution in [0.15, 0.2) is 24.5 Å². The summed E-state index contributed by atoms with van der Waals surface area (Å²) in [7, 11) is 1.48. The fourth-order valence-electron chi connectivity index (χ4n) is 1.74. The molecule has 0 atom stereocenters. The van der Waals surface area contributed by atoms with Gasteiger partial charge in [-0.25, -0.2) is 14.4 Å². The van der Waals surface area contributed by atoms with E-state index in [1.54, 1.807) is 6.07 Å². The molecule has 0 saturated heterocycles. The Kier molecular flexibility index (Phi) is 3.55. The Morgan fingerprint density at radius 3 is 2.63 bits per heavy atom. The lowest BCUT2D eigenvalue weighted by Gasteiger charge is -2.20. The van der Waals surface area contributed by atoms with Gasteiger partial charge in [0.15, 0.2) is 0 Å². The van der Waals surface area contributed by atoms with Crippen LogP contribution in [0.1, 0.15) is 6.42 Å². The van der Waals surface area contributed by atoms with Crippen LogP contribution in [0.3, 0.4) is 0 Å². The first kappa shape index (κ1) is 13.5. The monoisotopic (exact) mass is 273 g/mol. The van der Waals surface area contributed by atoms with E-state index in [0.29, 0.717) is 5.39 Å². The van der Waals surface area contributed by atoms with Crippen molar-refractivity contribution in [2.75, 3.05) is 18.5 Å². The van der Waals surface area contributed by atoms with Gasteiger partial charge in [0.1, 0.15) is 23.5 Å². The van der Waals surface area contributed by atoms with Gasteiger partial charge in [-0.3, -0.25) is 0 Å². The number of anilines is 1. The number of aromatic nitrogens is 2. The maximum atomic E-state index is 13.5. The number of halogens is 4. The van der Waals surface area contributed by atoms with Gasteiger partial charge < -0.3 is 4.90 Å². The third kappa shape index (κ3) is 3.10. The SMILES string of the molecule is CN(CCC(F)(F)F)c1ncnc2c(F)cccc12. The van der Waals surface area contributed by atoms with Gasteiger partial charge in [0.2, 0.25) is 0 Å². The van der Waals surface area contributed by atoms with Crippen LogP contribution in [0.2, 0.25) is 0 Å². The van der Waals surface area contributed by atoms with E-state index < -0.39 is 18.4 Å². The molecule has 0 bridgehead atoms. The van der Waals surface area contributed by atoms with Gasteiger partial charge in [0.25, 0.3) is 0 Å². The molecular weight excluding hydrogens is 262 g/mol. The minimum atomic E-state index is -4.23. The molecule has 0 N–H and O–H groups in total. The van der Waals surface area contributed by atoms with Gasteiger partial charge in [-0.15, -0.1) is 0 Å². The van der Waals surface area contributed by atoms with Gasteiger partial charge in [-0.05, 0) is 12.1 Å². The van der Waals surface area contributed by atoms with E-state index in [1.165, 1.54) is 24.1 Å². The number of hydrogen-bond donors (Lipinski definition) is 0. The quantitative estimate of drug-likeness (QED) is 0.804. The van der Waals surface area contributed by atoms with E-state index in [-0.39, 0.29) is 17.9 Å². The van der Waals surface area contributed by atoms with E-state index in [1.807, 2.05) is 0 Å². The molecule has 0 aliphatic rings. The molecule has 7 heteroatoms. The van der Waals surface area contributed by atoms with Crippen molar-refractivity contribution >= 4 is 16.7 Å². The lowest BCUT2D eigenvalue weighted by molar-refractivity contribution is -0.132. The second kappa shape index (κ2) is 4.99. The molecule has 2 aromatic rings. The molecule has 0 fully saturated rings. The van der Waals surface area contributed by atoms with Crippen molar-refractivity contribution in [3.63, 3.8) is 0 Å². The van der Waals surface area contributed by atoms with Crippen molar-refractivity contribution in [2.24, 2.45) is 0 Å². The number of alkyl halides is 3. The molecule has 1 heterocycles. The average Bonchev–Trinajstić information content (AvgIpc) is 2.35. The third-order valence-corrected chi connectivity index (χ3v) is 2.69. The Labute approximate surface area is 106 Å². The minimum Gasteiger partial charge on any atom is -0.359 e. The predicted octanol–water partition coefficient (Wildman–Crippen LogP) is 3.16. The summed E-state index contributed by atoms with van der Waals surface area (Å²) in [5.74, 6) is -0.237. The van der Waals surface area contributed by atoms with E-state index in [4.69, 9.17) is 0 Å². The van der Waals surface area contributed by atoms with Gasteiger partial charge >= 0.3 is 6.18 Å². The number of para-hydroxylation sites is 1. The summed E-state index contributed by atoms with van der Waals surface area (Å²) in [5.41, 5.74) is 0.103. The second-order valence-electron chi connectivity index (χ2n) is 4.12. The van der Waals surface area contributed by atoms with E-state index in [9.17, 15) is 17.6 Å². The molecule has 1 aromatic heterocycles. The van der Waals surface area contributed by atoms with Crippen LogP contribution in [0, 0.1) is 5.82 Å². The van der Waals surface area contributed by atoms with Crippen LogP contribution in [0.25, 0.3) is 10.9 Å². The minimum absolute atomic E-state index is 0.103. The molecule has 0 aliphatic heterocycles. The molecule has 2 rings (SSSR count). The van der Waals surface area contributed by atoms with Crippen LogP contribution in [-0.4, -0.2) is 29.7 Å². The maximum absolute atomic E-state index is 13.5. The fourth-order valence-corrected chi connectivity index (χ4v) is 1.74. The zero-order valence-electron chi connectivity index (χ0n) is 10.1. The van der Waals surface area contributed by atoms with Gasteiger partial charge in [0.05, 0.1) is 6.42 Å². The average molecular weight is 273 g/mol. The Hall–Kier alpha value is -1.92. The molecule has 0 spiro atoms. The molecule has 1 aromatic carbocycles. The van der Waals surface area contributed by atoms with Crippen molar-refractivity contribution < 1.29 is 17.6 Å². The third-order valence-electron chi connectivity index (χ3n) is 2.69. The van der Waals surface area contributed by atoms with Crippen molar-refractivity contribution in [3.05, 3.63) is 30.3 Å². The largest absolute Gasteiger partial charge is 0.390 e. The standard InChI is InChI=1S/C12H11F4N3/c1-19(6-5-12(14,15)16)11-8-3-2-4-9(13)10(8)17-7-18-11/h2-4,7H,5-6H2,1H3. The summed E-state index contributed by atoms with van der Waals surface area (Å²) < 4.78 is 50.1. The van der Waals surface area contributed by atoms with Gasteiger partial charge in [-0.1, -0.05) is 6.07 Å². The van der Waals surface area contributed by atoms with Crippen LogP contribution >= 0.6 is 0 Å². The highest BCUT2D eigenvalue weighted by Gasteiger charge is 2.27. The Bertz CT molecular complexity index is 583. The van der Waals surface area contributed by atoms with Crippen LogP contribution in [0.5, 0.6) is 0 Å². The zero-order valence-corrected chi connectivity index (χ0v) is 10.1. The number of hydrogen-bond acceptors (Lipinski definition) is 3. The molecule has 0 saturated carbocycles. The molecule has 0 unspecified atom stereocenters. The van der Waals surface area contributed by atoms with Crippen LogP contribution < -0.4 is 4.90 Å². The summed E-state index contributed by atoms with van der Waals surface area (Å²) in [5, 5.41) is 0.396. The topological polar surface area (TPSA) is 29.0 Å². The summed E-state index contributed by atoms with van der Waals surface area (Å²) in [6, 6.07) is 4.30. The molecule has 102 valence electrons. The highest BCUT2D eigenvalue weighted by Crippen LogP contribution is 2.25. The van der Waals surface area contributed by atoms with Crippen molar-refractivity contribution in [1.29, 1.82) is 0 Å². The summed E-state index contributed by atoms with van der Waals surface area (Å²) in [6.45, 7) is -0.244. The summed E-state index contributed by atoms with van der Waals surface area (Å²) in [6.07, 6.45) is -4.04. The second-order valence-corrected chi connectivity index (χ2v) is 4.12. The molecule has 3 nitrogen and oxygen atoms in total. The maximum Gasteiger partial charge on any atom is 0.390 e. The lowest BCUT2D eigenvalue weighted by atomic mass is 10.2. The molecular formula is C12H11F4N3. The first-order valence-electron chi connectivity index (χ1n) is 5.55. The predicted molar refractivity (Wildman–Crippen MR) is 63.4 cm³/mol. The van der Waals surface area contributed by atoms with E-state index in [2.05, 4.69) is 9.97 Å². The first-order chi connectivity index (χ1) is 8.88. The molecule has 0 aliphatic carbocycles. The van der Waals surface area contributed by atoms with Gasteiger partial charge in [0, 0.05) is 19.0 Å². The van der Waals surface area contributed by atoms with Crippen LogP contribution in [-0.2, 0) is 0 Å². The van der Waals surface area contributed by atoms with Crippen molar-refractivity contribution in [3.8, 4) is 0 Å². The lowest BCUT2D eigenvalue weighted by Crippen LogP contribution is -2.25. The smallest absolute Gasteiger partial charge is 0.359 e. The van der Waals surface area contributed by atoms with Crippen LogP contribution in [0.4, 0.5) is 23.4 Å². The first-order valence-corrected chi connectivity index (χ1v) is 5.55. The van der Waals surface area contributed by atoms with E-state index in [0.717, 1.165) is 6.33 Å². The number of nitrogens with zero attached hydrogens (tertiary/aromatic N) is 3. The normalized spacial score (nSPS) is 11.8. The fraction of sp³-hybridized carbons (Fsp3) is 0.333. The zero-order chi connectivity index (χ0) is 14.0. The van der Waals surface area contributed by atoms with Gasteiger partial charge in [-0.2, -0.15) is 13.2 Å². The molecule has 0 amide bonds. The Balaban J connectivity index is 2.32. The van der Waals surface area contributed by atoms with E-state index >= 15 is 0 Å². The van der Waals surface area contributed by atoms with Crippen molar-refractivity contribution in [2.45, 2.75) is 12.6 Å². The molecule has 19 heavy (non-hydrogen) atoms. The Morgan fingerprint density at radius 2 is 1.95 bits per heavy atom. The summed E-state index contributed by atoms with van der Waals surface area (Å²) in [4.78, 5) is 9.07. The molecule has 0 radical (unpaired) electrons.